The molecule has 29 heavy (non-hydrogen) atoms. The second kappa shape index (κ2) is 8.26. The quantitative estimate of drug-likeness (QED) is 0.600. The first-order valence-corrected chi connectivity index (χ1v) is 10.9. The van der Waals surface area contributed by atoms with Crippen molar-refractivity contribution in [1.82, 2.24) is 14.3 Å². The van der Waals surface area contributed by atoms with Gasteiger partial charge in [0, 0.05) is 42.6 Å². The largest absolute Gasteiger partial charge is 0.461 e. The Morgan fingerprint density at radius 2 is 1.83 bits per heavy atom. The Kier molecular flexibility index (Phi) is 5.55. The van der Waals surface area contributed by atoms with E-state index in [-0.39, 0.29) is 36.5 Å². The van der Waals surface area contributed by atoms with Crippen LogP contribution >= 0.6 is 0 Å². The third-order valence-corrected chi connectivity index (χ3v) is 7.03. The number of esters is 1. The van der Waals surface area contributed by atoms with E-state index in [0.717, 1.165) is 16.5 Å². The molecule has 0 unspecified atom stereocenters. The van der Waals surface area contributed by atoms with Crippen LogP contribution < -0.4 is 0 Å². The molecule has 1 aliphatic rings. The monoisotopic (exact) mass is 411 g/mol. The molecule has 0 N–H and O–H groups in total. The molecule has 8 heteroatoms. The van der Waals surface area contributed by atoms with Crippen LogP contribution in [0.25, 0.3) is 10.9 Å². The molecule has 0 radical (unpaired) electrons. The van der Waals surface area contributed by atoms with Crippen molar-refractivity contribution in [1.29, 1.82) is 0 Å². The number of fused-ring (bicyclic) bond motifs is 1. The summed E-state index contributed by atoms with van der Waals surface area (Å²) >= 11 is 0. The Labute approximate surface area is 169 Å². The lowest BCUT2D eigenvalue weighted by atomic mass is 9.98. The number of sulfonamides is 1. The van der Waals surface area contributed by atoms with Crippen LogP contribution in [0.3, 0.4) is 0 Å². The number of benzene rings is 1. The molecule has 1 fully saturated rings. The molecular weight excluding hydrogens is 390 g/mol. The van der Waals surface area contributed by atoms with E-state index in [1.54, 1.807) is 12.3 Å². The van der Waals surface area contributed by atoms with Crippen molar-refractivity contribution in [2.24, 2.45) is 5.92 Å². The topological polar surface area (TPSA) is 89.5 Å². The van der Waals surface area contributed by atoms with Crippen molar-refractivity contribution < 1.29 is 17.9 Å². The smallest absolute Gasteiger partial charge is 0.309 e. The number of hydrogen-bond donors (Lipinski definition) is 0. The van der Waals surface area contributed by atoms with Gasteiger partial charge in [-0.3, -0.25) is 14.8 Å². The van der Waals surface area contributed by atoms with E-state index in [1.165, 1.54) is 22.8 Å². The van der Waals surface area contributed by atoms with Gasteiger partial charge in [0.25, 0.3) is 0 Å². The molecule has 1 aromatic carbocycles. The van der Waals surface area contributed by atoms with Crippen LogP contribution in [0.15, 0.2) is 66.0 Å². The van der Waals surface area contributed by atoms with Crippen molar-refractivity contribution in [3.63, 3.8) is 0 Å². The number of hydrogen-bond acceptors (Lipinski definition) is 6. The van der Waals surface area contributed by atoms with Crippen LogP contribution in [0, 0.1) is 5.92 Å². The van der Waals surface area contributed by atoms with Gasteiger partial charge in [0.15, 0.2) is 0 Å². The minimum Gasteiger partial charge on any atom is -0.461 e. The normalized spacial score (nSPS) is 16.0. The SMILES string of the molecule is O=C(OCc1cccc2cccnc12)C1CCN(S(=O)(=O)c2cccnc2)CC1. The molecule has 2 aromatic heterocycles. The van der Waals surface area contributed by atoms with Crippen LogP contribution in [-0.4, -0.2) is 41.7 Å². The summed E-state index contributed by atoms with van der Waals surface area (Å²) in [6.45, 7) is 0.723. The van der Waals surface area contributed by atoms with E-state index in [0.29, 0.717) is 12.8 Å². The molecule has 3 heterocycles. The highest BCUT2D eigenvalue weighted by Crippen LogP contribution is 2.25. The maximum atomic E-state index is 12.7. The highest BCUT2D eigenvalue weighted by molar-refractivity contribution is 7.89. The van der Waals surface area contributed by atoms with Gasteiger partial charge in [-0.2, -0.15) is 4.31 Å². The molecule has 0 bridgehead atoms. The average Bonchev–Trinajstić information content (AvgIpc) is 2.78. The standard InChI is InChI=1S/C21H21N3O4S/c25-21(28-15-18-5-1-4-16-6-2-11-23-20(16)18)17-8-12-24(13-9-17)29(26,27)19-7-3-10-22-14-19/h1-7,10-11,14,17H,8-9,12-13,15H2. The van der Waals surface area contributed by atoms with Crippen molar-refractivity contribution in [3.05, 3.63) is 66.6 Å². The molecule has 0 amide bonds. The summed E-state index contributed by atoms with van der Waals surface area (Å²) in [5.74, 6) is -0.602. The van der Waals surface area contributed by atoms with Gasteiger partial charge >= 0.3 is 5.97 Å². The maximum absolute atomic E-state index is 12.7. The van der Waals surface area contributed by atoms with E-state index in [2.05, 4.69) is 9.97 Å². The summed E-state index contributed by atoms with van der Waals surface area (Å²) in [4.78, 5) is 20.9. The van der Waals surface area contributed by atoms with Gasteiger partial charge in [-0.25, -0.2) is 8.42 Å². The number of para-hydroxylation sites is 1. The first-order valence-electron chi connectivity index (χ1n) is 9.45. The number of ether oxygens (including phenoxy) is 1. The van der Waals surface area contributed by atoms with Crippen LogP contribution in [0.5, 0.6) is 0 Å². The van der Waals surface area contributed by atoms with E-state index >= 15 is 0 Å². The van der Waals surface area contributed by atoms with E-state index in [4.69, 9.17) is 4.74 Å². The first-order chi connectivity index (χ1) is 14.1. The second-order valence-electron chi connectivity index (χ2n) is 6.97. The fraction of sp³-hybridized carbons (Fsp3) is 0.286. The highest BCUT2D eigenvalue weighted by Gasteiger charge is 2.32. The van der Waals surface area contributed by atoms with E-state index in [9.17, 15) is 13.2 Å². The van der Waals surface area contributed by atoms with Gasteiger partial charge in [-0.05, 0) is 31.0 Å². The van der Waals surface area contributed by atoms with Crippen molar-refractivity contribution in [3.8, 4) is 0 Å². The lowest BCUT2D eigenvalue weighted by Crippen LogP contribution is -2.40. The summed E-state index contributed by atoms with van der Waals surface area (Å²) in [5, 5.41) is 0.995. The lowest BCUT2D eigenvalue weighted by molar-refractivity contribution is -0.151. The Morgan fingerprint density at radius 1 is 1.07 bits per heavy atom. The van der Waals surface area contributed by atoms with Crippen LogP contribution in [0.4, 0.5) is 0 Å². The zero-order valence-corrected chi connectivity index (χ0v) is 16.6. The van der Waals surface area contributed by atoms with Gasteiger partial charge in [-0.1, -0.05) is 24.3 Å². The Hall–Kier alpha value is -2.84. The molecule has 0 spiro atoms. The maximum Gasteiger partial charge on any atom is 0.309 e. The van der Waals surface area contributed by atoms with Gasteiger partial charge in [0.05, 0.1) is 11.4 Å². The number of carbonyl (C=O) groups is 1. The molecule has 0 saturated carbocycles. The summed E-state index contributed by atoms with van der Waals surface area (Å²) in [6, 6.07) is 12.7. The third-order valence-electron chi connectivity index (χ3n) is 5.15. The van der Waals surface area contributed by atoms with Crippen molar-refractivity contribution in [2.45, 2.75) is 24.3 Å². The average molecular weight is 411 g/mol. The number of pyridine rings is 2. The van der Waals surface area contributed by atoms with E-state index in [1.807, 2.05) is 30.3 Å². The molecule has 3 aromatic rings. The van der Waals surface area contributed by atoms with Crippen molar-refractivity contribution in [2.75, 3.05) is 13.1 Å². The lowest BCUT2D eigenvalue weighted by Gasteiger charge is -2.30. The molecule has 1 saturated heterocycles. The summed E-state index contributed by atoms with van der Waals surface area (Å²) in [6.07, 6.45) is 5.46. The van der Waals surface area contributed by atoms with Crippen molar-refractivity contribution >= 4 is 26.9 Å². The summed E-state index contributed by atoms with van der Waals surface area (Å²) in [5.41, 5.74) is 1.67. The number of piperidine rings is 1. The van der Waals surface area contributed by atoms with Gasteiger partial charge in [0.2, 0.25) is 10.0 Å². The molecule has 7 nitrogen and oxygen atoms in total. The van der Waals surface area contributed by atoms with Gasteiger partial charge in [0.1, 0.15) is 11.5 Å². The second-order valence-corrected chi connectivity index (χ2v) is 8.90. The van der Waals surface area contributed by atoms with E-state index < -0.39 is 10.0 Å². The number of aromatic nitrogens is 2. The van der Waals surface area contributed by atoms with Crippen LogP contribution in [0.2, 0.25) is 0 Å². The van der Waals surface area contributed by atoms with Gasteiger partial charge in [-0.15, -0.1) is 0 Å². The molecule has 1 aliphatic heterocycles. The predicted octanol–water partition coefficient (Wildman–Crippen LogP) is 2.77. The zero-order chi connectivity index (χ0) is 20.3. The Balaban J connectivity index is 1.36. The zero-order valence-electron chi connectivity index (χ0n) is 15.8. The third kappa shape index (κ3) is 4.13. The minimum atomic E-state index is -3.58. The highest BCUT2D eigenvalue weighted by atomic mass is 32.2. The Bertz CT molecular complexity index is 1110. The molecule has 0 aliphatic carbocycles. The molecular formula is C21H21N3O4S. The predicted molar refractivity (Wildman–Crippen MR) is 107 cm³/mol. The van der Waals surface area contributed by atoms with Crippen LogP contribution in [0.1, 0.15) is 18.4 Å². The van der Waals surface area contributed by atoms with Crippen LogP contribution in [-0.2, 0) is 26.2 Å². The summed E-state index contributed by atoms with van der Waals surface area (Å²) in [7, 11) is -3.58. The Morgan fingerprint density at radius 3 is 2.59 bits per heavy atom. The number of carbonyl (C=O) groups excluding carboxylic acids is 1. The number of rotatable bonds is 5. The fourth-order valence-corrected chi connectivity index (χ4v) is 4.97. The molecule has 4 rings (SSSR count). The first kappa shape index (κ1) is 19.5. The molecule has 150 valence electrons. The van der Waals surface area contributed by atoms with Gasteiger partial charge < -0.3 is 4.74 Å². The number of nitrogens with zero attached hydrogens (tertiary/aromatic N) is 3. The fourth-order valence-electron chi connectivity index (χ4n) is 3.53. The molecule has 0 atom stereocenters. The summed E-state index contributed by atoms with van der Waals surface area (Å²) < 4.78 is 32.3. The minimum absolute atomic E-state index is 0.154.